The quantitative estimate of drug-likeness (QED) is 0.118. The molecule has 5 aromatic rings. The van der Waals surface area contributed by atoms with E-state index in [0.717, 1.165) is 28.8 Å². The number of aromatic nitrogens is 1. The fourth-order valence-corrected chi connectivity index (χ4v) is 6.55. The van der Waals surface area contributed by atoms with Crippen LogP contribution in [0.2, 0.25) is 5.02 Å². The number of aromatic hydroxyl groups is 1. The van der Waals surface area contributed by atoms with Gasteiger partial charge in [-0.05, 0) is 82.2 Å². The molecule has 0 radical (unpaired) electrons. The number of nitrogens with zero attached hydrogens (tertiary/aromatic N) is 2. The Morgan fingerprint density at radius 2 is 1.71 bits per heavy atom. The van der Waals surface area contributed by atoms with Crippen LogP contribution in [0.15, 0.2) is 100 Å². The summed E-state index contributed by atoms with van der Waals surface area (Å²) in [7, 11) is 0. The smallest absolute Gasteiger partial charge is 0.152 e. The van der Waals surface area contributed by atoms with Gasteiger partial charge >= 0.3 is 0 Å². The Labute approximate surface area is 224 Å². The van der Waals surface area contributed by atoms with Crippen molar-refractivity contribution < 1.29 is 5.11 Å². The van der Waals surface area contributed by atoms with Gasteiger partial charge in [0.25, 0.3) is 0 Å². The molecular formula is C27H18ClIN2OS2. The number of phenols is 1. The van der Waals surface area contributed by atoms with Crippen LogP contribution in [0.4, 0.5) is 5.69 Å². The van der Waals surface area contributed by atoms with E-state index in [1.54, 1.807) is 35.4 Å². The first-order valence-electron chi connectivity index (χ1n) is 10.5. The van der Waals surface area contributed by atoms with E-state index in [1.807, 2.05) is 48.5 Å². The number of halogens is 2. The van der Waals surface area contributed by atoms with Gasteiger partial charge in [-0.3, -0.25) is 4.99 Å². The van der Waals surface area contributed by atoms with E-state index in [0.29, 0.717) is 5.56 Å². The van der Waals surface area contributed by atoms with Crippen LogP contribution < -0.4 is 0 Å². The Kier molecular flexibility index (Phi) is 7.20. The fraction of sp³-hybridized carbons (Fsp3) is 0.0370. The maximum absolute atomic E-state index is 10.1. The number of hydrogen-bond acceptors (Lipinski definition) is 5. The Bertz CT molecular complexity index is 1470. The van der Waals surface area contributed by atoms with E-state index < -0.39 is 0 Å². The van der Waals surface area contributed by atoms with Crippen molar-refractivity contribution in [3.8, 4) is 5.75 Å². The van der Waals surface area contributed by atoms with Gasteiger partial charge < -0.3 is 5.11 Å². The molecule has 0 amide bonds. The molecule has 0 spiro atoms. The molecule has 0 saturated carbocycles. The molecule has 0 bridgehead atoms. The minimum Gasteiger partial charge on any atom is -0.507 e. The van der Waals surface area contributed by atoms with Gasteiger partial charge in [-0.2, -0.15) is 0 Å². The second-order valence-electron chi connectivity index (χ2n) is 7.55. The number of thioether (sulfide) groups is 1. The monoisotopic (exact) mass is 612 g/mol. The molecule has 0 unspecified atom stereocenters. The highest BCUT2D eigenvalue weighted by Crippen LogP contribution is 2.43. The summed E-state index contributed by atoms with van der Waals surface area (Å²) < 4.78 is 3.12. The molecule has 7 heteroatoms. The van der Waals surface area contributed by atoms with Crippen molar-refractivity contribution in [1.29, 1.82) is 0 Å². The highest BCUT2D eigenvalue weighted by molar-refractivity contribution is 14.1. The number of benzene rings is 4. The molecule has 0 saturated heterocycles. The molecule has 4 aromatic carbocycles. The van der Waals surface area contributed by atoms with Crippen molar-refractivity contribution in [1.82, 2.24) is 4.98 Å². The lowest BCUT2D eigenvalue weighted by Gasteiger charge is -2.16. The summed E-state index contributed by atoms with van der Waals surface area (Å²) in [6.07, 6.45) is 1.70. The Hall–Kier alpha value is -2.39. The summed E-state index contributed by atoms with van der Waals surface area (Å²) in [5.74, 6) is 0.218. The van der Waals surface area contributed by atoms with Crippen molar-refractivity contribution >= 4 is 79.4 Å². The third-order valence-corrected chi connectivity index (χ3v) is 8.54. The van der Waals surface area contributed by atoms with Crippen LogP contribution in [0.3, 0.4) is 0 Å². The van der Waals surface area contributed by atoms with E-state index in [4.69, 9.17) is 16.6 Å². The van der Waals surface area contributed by atoms with Crippen LogP contribution in [0.1, 0.15) is 21.9 Å². The van der Waals surface area contributed by atoms with Gasteiger partial charge in [0.15, 0.2) is 4.34 Å². The largest absolute Gasteiger partial charge is 0.507 e. The average molecular weight is 613 g/mol. The summed E-state index contributed by atoms with van der Waals surface area (Å²) in [5.41, 5.74) is 4.87. The molecule has 0 aliphatic carbocycles. The van der Waals surface area contributed by atoms with Crippen molar-refractivity contribution in [3.63, 3.8) is 0 Å². The Balaban J connectivity index is 1.43. The van der Waals surface area contributed by atoms with Gasteiger partial charge in [0.2, 0.25) is 0 Å². The standard InChI is InChI=1S/C27H18ClIN2OS2/c28-20-8-6-18(7-9-20)26(17-4-2-1-3-5-17)34-27-31-23-12-11-22(15-25(23)33-27)30-16-19-14-21(29)10-13-24(19)32/h1-16,26,32H/t26-/m1/s1. The minimum absolute atomic E-state index is 0.111. The maximum atomic E-state index is 10.1. The fourth-order valence-electron chi connectivity index (χ4n) is 3.49. The lowest BCUT2D eigenvalue weighted by molar-refractivity contribution is 0.474. The van der Waals surface area contributed by atoms with E-state index in [2.05, 4.69) is 64.0 Å². The van der Waals surface area contributed by atoms with Gasteiger partial charge in [0.1, 0.15) is 5.75 Å². The van der Waals surface area contributed by atoms with Crippen molar-refractivity contribution in [2.75, 3.05) is 0 Å². The van der Waals surface area contributed by atoms with Gasteiger partial charge in [-0.25, -0.2) is 4.98 Å². The van der Waals surface area contributed by atoms with E-state index in [1.165, 1.54) is 11.1 Å². The number of aliphatic imine (C=N–C) groups is 1. The summed E-state index contributed by atoms with van der Waals surface area (Å²) in [6.45, 7) is 0. The molecule has 5 rings (SSSR count). The molecule has 0 aliphatic heterocycles. The summed E-state index contributed by atoms with van der Waals surface area (Å²) in [6, 6.07) is 29.9. The van der Waals surface area contributed by atoms with E-state index in [-0.39, 0.29) is 11.0 Å². The predicted molar refractivity (Wildman–Crippen MR) is 153 cm³/mol. The van der Waals surface area contributed by atoms with Gasteiger partial charge in [-0.1, -0.05) is 65.8 Å². The van der Waals surface area contributed by atoms with Crippen molar-refractivity contribution in [2.24, 2.45) is 4.99 Å². The second kappa shape index (κ2) is 10.5. The molecule has 3 nitrogen and oxygen atoms in total. The number of rotatable bonds is 6. The lowest BCUT2D eigenvalue weighted by atomic mass is 10.0. The van der Waals surface area contributed by atoms with Gasteiger partial charge in [0.05, 0.1) is 21.2 Å². The number of fused-ring (bicyclic) bond motifs is 1. The first-order chi connectivity index (χ1) is 16.5. The normalized spacial score (nSPS) is 12.4. The maximum Gasteiger partial charge on any atom is 0.152 e. The first kappa shape index (κ1) is 23.4. The van der Waals surface area contributed by atoms with Crippen LogP contribution in [-0.4, -0.2) is 16.3 Å². The first-order valence-corrected chi connectivity index (χ1v) is 13.6. The number of hydrogen-bond donors (Lipinski definition) is 1. The molecule has 1 heterocycles. The molecule has 1 aromatic heterocycles. The summed E-state index contributed by atoms with van der Waals surface area (Å²) >= 11 is 11.7. The molecule has 168 valence electrons. The molecule has 1 atom stereocenters. The number of thiazole rings is 1. The van der Waals surface area contributed by atoms with E-state index in [9.17, 15) is 5.11 Å². The van der Waals surface area contributed by atoms with Gasteiger partial charge in [0, 0.05) is 20.4 Å². The molecule has 0 aliphatic rings. The highest BCUT2D eigenvalue weighted by atomic mass is 127. The lowest BCUT2D eigenvalue weighted by Crippen LogP contribution is -1.96. The molecule has 0 fully saturated rings. The second-order valence-corrected chi connectivity index (χ2v) is 11.6. The molecule has 34 heavy (non-hydrogen) atoms. The SMILES string of the molecule is Oc1ccc(I)cc1C=Nc1ccc2nc(S[C@H](c3ccccc3)c3ccc(Cl)cc3)sc2c1. The topological polar surface area (TPSA) is 45.5 Å². The van der Waals surface area contributed by atoms with Crippen LogP contribution in [-0.2, 0) is 0 Å². The van der Waals surface area contributed by atoms with E-state index >= 15 is 0 Å². The average Bonchev–Trinajstić information content (AvgIpc) is 3.26. The molecular weight excluding hydrogens is 595 g/mol. The summed E-state index contributed by atoms with van der Waals surface area (Å²) in [5, 5.41) is 10.9. The highest BCUT2D eigenvalue weighted by Gasteiger charge is 2.18. The van der Waals surface area contributed by atoms with Gasteiger partial charge in [-0.15, -0.1) is 11.3 Å². The van der Waals surface area contributed by atoms with Crippen LogP contribution in [0.5, 0.6) is 5.75 Å². The predicted octanol–water partition coefficient (Wildman–Crippen LogP) is 8.89. The van der Waals surface area contributed by atoms with Crippen LogP contribution >= 0.6 is 57.3 Å². The number of phenolic OH excluding ortho intramolecular Hbond substituents is 1. The van der Waals surface area contributed by atoms with Crippen molar-refractivity contribution in [3.05, 3.63) is 116 Å². The minimum atomic E-state index is 0.111. The third-order valence-electron chi connectivity index (χ3n) is 5.19. The zero-order valence-electron chi connectivity index (χ0n) is 17.7. The molecule has 1 N–H and O–H groups in total. The zero-order valence-corrected chi connectivity index (χ0v) is 22.3. The zero-order chi connectivity index (χ0) is 23.5. The third kappa shape index (κ3) is 5.46. The summed E-state index contributed by atoms with van der Waals surface area (Å²) in [4.78, 5) is 9.44. The van der Waals surface area contributed by atoms with Crippen molar-refractivity contribution in [2.45, 2.75) is 9.59 Å². The Morgan fingerprint density at radius 1 is 0.941 bits per heavy atom. The van der Waals surface area contributed by atoms with Crippen LogP contribution in [0, 0.1) is 3.57 Å². The Morgan fingerprint density at radius 3 is 2.50 bits per heavy atom. The van der Waals surface area contributed by atoms with Crippen LogP contribution in [0.25, 0.3) is 10.2 Å².